The van der Waals surface area contributed by atoms with Crippen LogP contribution in [0.2, 0.25) is 0 Å². The van der Waals surface area contributed by atoms with Gasteiger partial charge >= 0.3 is 0 Å². The van der Waals surface area contributed by atoms with Crippen molar-refractivity contribution in [3.8, 4) is 0 Å². The number of aromatic nitrogens is 1. The molecule has 0 bridgehead atoms. The number of hydrogen-bond donors (Lipinski definition) is 1. The van der Waals surface area contributed by atoms with Gasteiger partial charge in [0.1, 0.15) is 0 Å². The van der Waals surface area contributed by atoms with Crippen molar-refractivity contribution in [1.29, 1.82) is 0 Å². The highest BCUT2D eigenvalue weighted by molar-refractivity contribution is 7.11. The van der Waals surface area contributed by atoms with Crippen molar-refractivity contribution in [2.45, 2.75) is 25.8 Å². The summed E-state index contributed by atoms with van der Waals surface area (Å²) in [6, 6.07) is 0. The fraction of sp³-hybridized carbons (Fsp3) is 0.700. The number of thiazole rings is 1. The molecule has 3 nitrogen and oxygen atoms in total. The Morgan fingerprint density at radius 1 is 1.64 bits per heavy atom. The first-order valence-electron chi connectivity index (χ1n) is 5.05. The van der Waals surface area contributed by atoms with E-state index in [0.717, 1.165) is 12.2 Å². The highest BCUT2D eigenvalue weighted by atomic mass is 32.1. The monoisotopic (exact) mass is 211 g/mol. The van der Waals surface area contributed by atoms with Gasteiger partial charge in [0, 0.05) is 23.9 Å². The van der Waals surface area contributed by atoms with Gasteiger partial charge in [0.05, 0.1) is 10.7 Å². The zero-order chi connectivity index (χ0) is 10.1. The van der Waals surface area contributed by atoms with E-state index in [1.165, 1.54) is 22.9 Å². The second-order valence-corrected chi connectivity index (χ2v) is 5.13. The summed E-state index contributed by atoms with van der Waals surface area (Å²) in [6.07, 6.45) is 1.24. The molecule has 1 aromatic rings. The van der Waals surface area contributed by atoms with Crippen molar-refractivity contribution >= 4 is 11.3 Å². The van der Waals surface area contributed by atoms with Gasteiger partial charge in [-0.3, -0.25) is 0 Å². The van der Waals surface area contributed by atoms with Crippen LogP contribution in [0.15, 0.2) is 0 Å². The van der Waals surface area contributed by atoms with Crippen molar-refractivity contribution in [3.05, 3.63) is 15.6 Å². The molecular formula is C10H17N3S. The summed E-state index contributed by atoms with van der Waals surface area (Å²) in [7, 11) is 2.17. The van der Waals surface area contributed by atoms with E-state index in [1.807, 2.05) is 0 Å². The Morgan fingerprint density at radius 3 is 2.93 bits per heavy atom. The molecule has 1 fully saturated rings. The second kappa shape index (κ2) is 3.96. The Hall–Kier alpha value is -0.450. The van der Waals surface area contributed by atoms with E-state index in [-0.39, 0.29) is 0 Å². The zero-order valence-electron chi connectivity index (χ0n) is 8.79. The minimum Gasteiger partial charge on any atom is -0.326 e. The van der Waals surface area contributed by atoms with Crippen LogP contribution in [0.4, 0.5) is 0 Å². The van der Waals surface area contributed by atoms with Crippen molar-refractivity contribution in [2.24, 2.45) is 5.73 Å². The molecule has 0 aliphatic carbocycles. The molecule has 78 valence electrons. The number of likely N-dealkylation sites (N-methyl/N-ethyl adjacent to an activating group) is 1. The van der Waals surface area contributed by atoms with Gasteiger partial charge in [0.2, 0.25) is 0 Å². The SMILES string of the molecule is Cc1nc(C2CCN(C)C2)sc1CN. The standard InChI is InChI=1S/C10H17N3S/c1-7-9(5-11)14-10(12-7)8-3-4-13(2)6-8/h8H,3-6,11H2,1-2H3. The van der Waals surface area contributed by atoms with E-state index >= 15 is 0 Å². The number of hydrogen-bond acceptors (Lipinski definition) is 4. The molecule has 14 heavy (non-hydrogen) atoms. The lowest BCUT2D eigenvalue weighted by atomic mass is 10.1. The number of likely N-dealkylation sites (tertiary alicyclic amines) is 1. The predicted molar refractivity (Wildman–Crippen MR) is 59.6 cm³/mol. The van der Waals surface area contributed by atoms with E-state index in [2.05, 4.69) is 23.9 Å². The highest BCUT2D eigenvalue weighted by Gasteiger charge is 2.24. The smallest absolute Gasteiger partial charge is 0.0975 e. The second-order valence-electron chi connectivity index (χ2n) is 4.01. The van der Waals surface area contributed by atoms with Crippen LogP contribution in [0.3, 0.4) is 0 Å². The van der Waals surface area contributed by atoms with Gasteiger partial charge in [-0.1, -0.05) is 0 Å². The fourth-order valence-electron chi connectivity index (χ4n) is 1.95. The molecule has 0 aromatic carbocycles. The van der Waals surface area contributed by atoms with Crippen molar-refractivity contribution < 1.29 is 0 Å². The molecule has 1 aromatic heterocycles. The number of rotatable bonds is 2. The van der Waals surface area contributed by atoms with Gasteiger partial charge in [0.25, 0.3) is 0 Å². The van der Waals surface area contributed by atoms with Gasteiger partial charge in [-0.25, -0.2) is 4.98 Å². The van der Waals surface area contributed by atoms with Crippen LogP contribution < -0.4 is 5.73 Å². The van der Waals surface area contributed by atoms with Crippen LogP contribution in [0, 0.1) is 6.92 Å². The molecule has 1 aliphatic rings. The van der Waals surface area contributed by atoms with E-state index in [9.17, 15) is 0 Å². The summed E-state index contributed by atoms with van der Waals surface area (Å²) < 4.78 is 0. The van der Waals surface area contributed by atoms with Crippen LogP contribution in [0.1, 0.15) is 27.9 Å². The Balaban J connectivity index is 2.16. The first kappa shape index (κ1) is 10.1. The zero-order valence-corrected chi connectivity index (χ0v) is 9.60. The Morgan fingerprint density at radius 2 is 2.43 bits per heavy atom. The molecule has 0 saturated carbocycles. The minimum atomic E-state index is 0.631. The molecule has 1 unspecified atom stereocenters. The number of aryl methyl sites for hydroxylation is 1. The van der Waals surface area contributed by atoms with Crippen molar-refractivity contribution in [2.75, 3.05) is 20.1 Å². The van der Waals surface area contributed by atoms with E-state index in [4.69, 9.17) is 5.73 Å². The van der Waals surface area contributed by atoms with Gasteiger partial charge in [0.15, 0.2) is 0 Å². The molecule has 1 saturated heterocycles. The average Bonchev–Trinajstić information content (AvgIpc) is 2.71. The molecule has 2 heterocycles. The summed E-state index contributed by atoms with van der Waals surface area (Å²) in [4.78, 5) is 8.22. The molecular weight excluding hydrogens is 194 g/mol. The van der Waals surface area contributed by atoms with Gasteiger partial charge in [-0.05, 0) is 26.9 Å². The largest absolute Gasteiger partial charge is 0.326 e. The summed E-state index contributed by atoms with van der Waals surface area (Å²) in [5.74, 6) is 0.643. The van der Waals surface area contributed by atoms with Crippen LogP contribution in [0.25, 0.3) is 0 Å². The van der Waals surface area contributed by atoms with E-state index < -0.39 is 0 Å². The van der Waals surface area contributed by atoms with Crippen molar-refractivity contribution in [1.82, 2.24) is 9.88 Å². The molecule has 0 spiro atoms. The van der Waals surface area contributed by atoms with Crippen LogP contribution >= 0.6 is 11.3 Å². The maximum atomic E-state index is 5.65. The van der Waals surface area contributed by atoms with Crippen LogP contribution in [-0.2, 0) is 6.54 Å². The topological polar surface area (TPSA) is 42.2 Å². The molecule has 1 aliphatic heterocycles. The Kier molecular flexibility index (Phi) is 2.85. The lowest BCUT2D eigenvalue weighted by molar-refractivity contribution is 0.411. The Bertz CT molecular complexity index is 321. The third kappa shape index (κ3) is 1.82. The third-order valence-corrected chi connectivity index (χ3v) is 4.18. The van der Waals surface area contributed by atoms with Gasteiger partial charge < -0.3 is 10.6 Å². The van der Waals surface area contributed by atoms with Gasteiger partial charge in [-0.15, -0.1) is 11.3 Å². The maximum absolute atomic E-state index is 5.65. The quantitative estimate of drug-likeness (QED) is 0.802. The third-order valence-electron chi connectivity index (χ3n) is 2.84. The highest BCUT2D eigenvalue weighted by Crippen LogP contribution is 2.30. The van der Waals surface area contributed by atoms with Crippen LogP contribution in [0.5, 0.6) is 0 Å². The van der Waals surface area contributed by atoms with Gasteiger partial charge in [-0.2, -0.15) is 0 Å². The molecule has 1 atom stereocenters. The molecule has 2 rings (SSSR count). The molecule has 2 N–H and O–H groups in total. The summed E-state index contributed by atoms with van der Waals surface area (Å²) in [5, 5.41) is 1.28. The minimum absolute atomic E-state index is 0.631. The first-order chi connectivity index (χ1) is 6.70. The normalized spacial score (nSPS) is 23.2. The maximum Gasteiger partial charge on any atom is 0.0975 e. The molecule has 0 radical (unpaired) electrons. The van der Waals surface area contributed by atoms with E-state index in [1.54, 1.807) is 11.3 Å². The predicted octanol–water partition coefficient (Wildman–Crippen LogP) is 1.33. The lowest BCUT2D eigenvalue weighted by Gasteiger charge is -2.06. The van der Waals surface area contributed by atoms with E-state index in [0.29, 0.717) is 12.5 Å². The number of nitrogens with zero attached hydrogens (tertiary/aromatic N) is 2. The molecule has 0 amide bonds. The number of nitrogens with two attached hydrogens (primary N) is 1. The molecule has 4 heteroatoms. The Labute approximate surface area is 88.9 Å². The lowest BCUT2D eigenvalue weighted by Crippen LogP contribution is -2.13. The first-order valence-corrected chi connectivity index (χ1v) is 5.87. The summed E-state index contributed by atoms with van der Waals surface area (Å²) in [5.41, 5.74) is 6.78. The van der Waals surface area contributed by atoms with Crippen molar-refractivity contribution in [3.63, 3.8) is 0 Å². The average molecular weight is 211 g/mol. The van der Waals surface area contributed by atoms with Crippen LogP contribution in [-0.4, -0.2) is 30.0 Å². The summed E-state index contributed by atoms with van der Waals surface area (Å²) >= 11 is 1.80. The fourth-order valence-corrected chi connectivity index (χ4v) is 3.02. The summed E-state index contributed by atoms with van der Waals surface area (Å²) in [6.45, 7) is 5.03.